The van der Waals surface area contributed by atoms with Gasteiger partial charge in [-0.2, -0.15) is 0 Å². The van der Waals surface area contributed by atoms with Crippen LogP contribution in [-0.4, -0.2) is 22.1 Å². The molecular formula is C16H16N4O. The Morgan fingerprint density at radius 3 is 2.38 bits per heavy atom. The molecule has 5 nitrogen and oxygen atoms in total. The second kappa shape index (κ2) is 5.76. The first-order valence-electron chi connectivity index (χ1n) is 6.68. The van der Waals surface area contributed by atoms with Crippen molar-refractivity contribution in [1.29, 1.82) is 0 Å². The van der Waals surface area contributed by atoms with E-state index in [2.05, 4.69) is 10.3 Å². The van der Waals surface area contributed by atoms with E-state index in [1.165, 1.54) is 0 Å². The highest BCUT2D eigenvalue weighted by molar-refractivity contribution is 5.65. The third-order valence-corrected chi connectivity index (χ3v) is 3.30. The van der Waals surface area contributed by atoms with Gasteiger partial charge in [-0.25, -0.2) is 4.68 Å². The summed E-state index contributed by atoms with van der Waals surface area (Å²) in [5, 5.41) is 8.42. The van der Waals surface area contributed by atoms with Gasteiger partial charge in [0.15, 0.2) is 0 Å². The summed E-state index contributed by atoms with van der Waals surface area (Å²) in [4.78, 5) is 0. The molecule has 106 valence electrons. The highest BCUT2D eigenvalue weighted by Gasteiger charge is 2.15. The van der Waals surface area contributed by atoms with Gasteiger partial charge in [-0.15, -0.1) is 5.10 Å². The Morgan fingerprint density at radius 1 is 1.05 bits per heavy atom. The number of benzene rings is 2. The first-order chi connectivity index (χ1) is 10.3. The van der Waals surface area contributed by atoms with Crippen LogP contribution in [0.15, 0.2) is 54.6 Å². The highest BCUT2D eigenvalue weighted by Crippen LogP contribution is 2.26. The van der Waals surface area contributed by atoms with Gasteiger partial charge in [-0.1, -0.05) is 23.4 Å². The number of para-hydroxylation sites is 1. The Labute approximate surface area is 123 Å². The summed E-state index contributed by atoms with van der Waals surface area (Å²) >= 11 is 0. The molecular weight excluding hydrogens is 264 g/mol. The number of aromatic nitrogens is 3. The lowest BCUT2D eigenvalue weighted by Crippen LogP contribution is -2.02. The summed E-state index contributed by atoms with van der Waals surface area (Å²) in [5.74, 6) is 0.812. The molecule has 0 atom stereocenters. The largest absolute Gasteiger partial charge is 0.497 e. The van der Waals surface area contributed by atoms with Gasteiger partial charge in [0.25, 0.3) is 0 Å². The number of hydrogen-bond donors (Lipinski definition) is 1. The Kier molecular flexibility index (Phi) is 3.66. The molecule has 0 amide bonds. The van der Waals surface area contributed by atoms with E-state index in [1.54, 1.807) is 7.11 Å². The molecule has 0 aliphatic heterocycles. The Hall–Kier alpha value is -2.66. The molecule has 0 aliphatic rings. The fraction of sp³-hybridized carbons (Fsp3) is 0.125. The molecule has 1 heterocycles. The summed E-state index contributed by atoms with van der Waals surface area (Å²) in [7, 11) is 1.65. The van der Waals surface area contributed by atoms with E-state index in [0.717, 1.165) is 28.4 Å². The quantitative estimate of drug-likeness (QED) is 0.797. The highest BCUT2D eigenvalue weighted by atomic mass is 16.5. The molecule has 0 spiro atoms. The van der Waals surface area contributed by atoms with Crippen LogP contribution in [0.1, 0.15) is 5.69 Å². The van der Waals surface area contributed by atoms with Crippen LogP contribution in [0.3, 0.4) is 0 Å². The normalized spacial score (nSPS) is 10.6. The van der Waals surface area contributed by atoms with E-state index in [1.807, 2.05) is 59.3 Å². The summed E-state index contributed by atoms with van der Waals surface area (Å²) in [6, 6.07) is 17.7. The third kappa shape index (κ3) is 2.51. The lowest BCUT2D eigenvalue weighted by Gasteiger charge is -2.08. The van der Waals surface area contributed by atoms with Crippen molar-refractivity contribution in [2.24, 2.45) is 5.73 Å². The van der Waals surface area contributed by atoms with E-state index in [-0.39, 0.29) is 0 Å². The minimum Gasteiger partial charge on any atom is -0.497 e. The summed E-state index contributed by atoms with van der Waals surface area (Å²) in [6.07, 6.45) is 0. The van der Waals surface area contributed by atoms with Crippen molar-refractivity contribution < 1.29 is 4.74 Å². The molecule has 0 bridgehead atoms. The second-order valence-electron chi connectivity index (χ2n) is 4.56. The van der Waals surface area contributed by atoms with Gasteiger partial charge in [-0.3, -0.25) is 0 Å². The average molecular weight is 280 g/mol. The number of methoxy groups -OCH3 is 1. The SMILES string of the molecule is COc1ccc(-c2c(CN)nnn2-c2ccccc2)cc1. The Bertz CT molecular complexity index is 720. The van der Waals surface area contributed by atoms with Crippen LogP contribution in [0, 0.1) is 0 Å². The van der Waals surface area contributed by atoms with E-state index in [0.29, 0.717) is 6.54 Å². The van der Waals surface area contributed by atoms with Gasteiger partial charge in [0.2, 0.25) is 0 Å². The fourth-order valence-corrected chi connectivity index (χ4v) is 2.24. The molecule has 5 heteroatoms. The third-order valence-electron chi connectivity index (χ3n) is 3.30. The van der Waals surface area contributed by atoms with Gasteiger partial charge in [-0.05, 0) is 36.4 Å². The Balaban J connectivity index is 2.13. The molecule has 2 aromatic carbocycles. The second-order valence-corrected chi connectivity index (χ2v) is 4.56. The number of hydrogen-bond acceptors (Lipinski definition) is 4. The van der Waals surface area contributed by atoms with Gasteiger partial charge < -0.3 is 10.5 Å². The minimum absolute atomic E-state index is 0.341. The minimum atomic E-state index is 0.341. The maximum atomic E-state index is 5.79. The van der Waals surface area contributed by atoms with Gasteiger partial charge in [0.05, 0.1) is 18.5 Å². The van der Waals surface area contributed by atoms with Gasteiger partial charge in [0.1, 0.15) is 11.4 Å². The maximum absolute atomic E-state index is 5.79. The van der Waals surface area contributed by atoms with Crippen LogP contribution in [-0.2, 0) is 6.54 Å². The van der Waals surface area contributed by atoms with Crippen molar-refractivity contribution in [2.45, 2.75) is 6.54 Å². The first kappa shape index (κ1) is 13.3. The zero-order chi connectivity index (χ0) is 14.7. The molecule has 1 aromatic heterocycles. The van der Waals surface area contributed by atoms with Crippen molar-refractivity contribution >= 4 is 0 Å². The summed E-state index contributed by atoms with van der Waals surface area (Å²) < 4.78 is 7.00. The monoisotopic (exact) mass is 280 g/mol. The van der Waals surface area contributed by atoms with Crippen molar-refractivity contribution in [3.63, 3.8) is 0 Å². The summed E-state index contributed by atoms with van der Waals surface area (Å²) in [5.41, 5.74) is 9.43. The molecule has 0 aliphatic carbocycles. The molecule has 0 unspecified atom stereocenters. The smallest absolute Gasteiger partial charge is 0.118 e. The topological polar surface area (TPSA) is 66.0 Å². The van der Waals surface area contributed by atoms with Gasteiger partial charge >= 0.3 is 0 Å². The number of nitrogens with two attached hydrogens (primary N) is 1. The van der Waals surface area contributed by atoms with Crippen LogP contribution in [0.5, 0.6) is 5.75 Å². The van der Waals surface area contributed by atoms with E-state index >= 15 is 0 Å². The van der Waals surface area contributed by atoms with Crippen molar-refractivity contribution in [3.8, 4) is 22.7 Å². The van der Waals surface area contributed by atoms with Crippen LogP contribution < -0.4 is 10.5 Å². The summed E-state index contributed by atoms with van der Waals surface area (Å²) in [6.45, 7) is 0.341. The van der Waals surface area contributed by atoms with Crippen LogP contribution in [0.2, 0.25) is 0 Å². The number of nitrogens with zero attached hydrogens (tertiary/aromatic N) is 3. The van der Waals surface area contributed by atoms with E-state index in [9.17, 15) is 0 Å². The lowest BCUT2D eigenvalue weighted by molar-refractivity contribution is 0.415. The molecule has 21 heavy (non-hydrogen) atoms. The molecule has 0 radical (unpaired) electrons. The average Bonchev–Trinajstić information content (AvgIpc) is 2.99. The fourth-order valence-electron chi connectivity index (χ4n) is 2.24. The molecule has 2 N–H and O–H groups in total. The number of rotatable bonds is 4. The van der Waals surface area contributed by atoms with Gasteiger partial charge in [0, 0.05) is 12.1 Å². The predicted octanol–water partition coefficient (Wildman–Crippen LogP) is 2.40. The molecule has 0 fully saturated rings. The first-order valence-corrected chi connectivity index (χ1v) is 6.68. The Morgan fingerprint density at radius 2 is 1.76 bits per heavy atom. The maximum Gasteiger partial charge on any atom is 0.118 e. The van der Waals surface area contributed by atoms with Crippen LogP contribution in [0.4, 0.5) is 0 Å². The molecule has 3 aromatic rings. The molecule has 0 saturated carbocycles. The van der Waals surface area contributed by atoms with E-state index < -0.39 is 0 Å². The zero-order valence-corrected chi connectivity index (χ0v) is 11.7. The van der Waals surface area contributed by atoms with Crippen LogP contribution in [0.25, 0.3) is 16.9 Å². The lowest BCUT2D eigenvalue weighted by atomic mass is 10.1. The predicted molar refractivity (Wildman–Crippen MR) is 81.2 cm³/mol. The molecule has 0 saturated heterocycles. The van der Waals surface area contributed by atoms with Crippen molar-refractivity contribution in [3.05, 3.63) is 60.3 Å². The number of ether oxygens (including phenoxy) is 1. The molecule has 3 rings (SSSR count). The van der Waals surface area contributed by atoms with Crippen molar-refractivity contribution in [1.82, 2.24) is 15.0 Å². The van der Waals surface area contributed by atoms with Crippen molar-refractivity contribution in [2.75, 3.05) is 7.11 Å². The van der Waals surface area contributed by atoms with Crippen LogP contribution >= 0.6 is 0 Å². The zero-order valence-electron chi connectivity index (χ0n) is 11.7. The van der Waals surface area contributed by atoms with E-state index in [4.69, 9.17) is 10.5 Å². The standard InChI is InChI=1S/C16H16N4O/c1-21-14-9-7-12(8-10-14)16-15(11-17)18-19-20(16)13-5-3-2-4-6-13/h2-10H,11,17H2,1H3.